The van der Waals surface area contributed by atoms with Gasteiger partial charge in [0.25, 0.3) is 5.91 Å². The second kappa shape index (κ2) is 13.8. The predicted octanol–water partition coefficient (Wildman–Crippen LogP) is 6.91. The standard InChI is InChI=1S/C28H36ClF2N5O/c1-8-14-36(7)27(35-20-10-11-22(23(29)15-20)28(37)34-18(4)9-2)19(5)33-16-17(3)21-12-13-24(32-6)26(31)25(21)30/h8,10-16,18,27,32,35H,9H2,1-7H3,(H,34,37)/b14-8-,17-16+,33-19+. The van der Waals surface area contributed by atoms with E-state index in [2.05, 4.69) is 20.9 Å². The number of halogens is 3. The van der Waals surface area contributed by atoms with Crippen LogP contribution in [0.5, 0.6) is 0 Å². The zero-order valence-electron chi connectivity index (χ0n) is 22.4. The summed E-state index contributed by atoms with van der Waals surface area (Å²) in [7, 11) is 3.42. The van der Waals surface area contributed by atoms with Gasteiger partial charge in [0.1, 0.15) is 6.17 Å². The number of carbonyl (C=O) groups excluding carboxylic acids is 1. The average molecular weight is 532 g/mol. The summed E-state index contributed by atoms with van der Waals surface area (Å²) in [5, 5.41) is 9.24. The van der Waals surface area contributed by atoms with Gasteiger partial charge in [-0.05, 0) is 76.2 Å². The molecule has 0 heterocycles. The number of amides is 1. The Morgan fingerprint density at radius 1 is 1.16 bits per heavy atom. The maximum absolute atomic E-state index is 14.5. The van der Waals surface area contributed by atoms with Crippen molar-refractivity contribution in [2.24, 2.45) is 4.99 Å². The molecule has 0 spiro atoms. The van der Waals surface area contributed by atoms with Crippen LogP contribution >= 0.6 is 11.6 Å². The molecule has 0 aliphatic rings. The van der Waals surface area contributed by atoms with Gasteiger partial charge in [-0.1, -0.05) is 24.6 Å². The second-order valence-electron chi connectivity index (χ2n) is 8.79. The van der Waals surface area contributed by atoms with E-state index < -0.39 is 11.6 Å². The van der Waals surface area contributed by atoms with Gasteiger partial charge in [-0.25, -0.2) is 8.78 Å². The molecule has 9 heteroatoms. The normalized spacial score (nSPS) is 13.9. The summed E-state index contributed by atoms with van der Waals surface area (Å²) in [4.78, 5) is 19.0. The van der Waals surface area contributed by atoms with Gasteiger partial charge in [-0.2, -0.15) is 0 Å². The van der Waals surface area contributed by atoms with E-state index in [1.807, 2.05) is 51.9 Å². The molecule has 200 valence electrons. The Morgan fingerprint density at radius 3 is 2.43 bits per heavy atom. The molecule has 0 fully saturated rings. The molecule has 3 N–H and O–H groups in total. The van der Waals surface area contributed by atoms with Gasteiger partial charge in [0.05, 0.1) is 22.0 Å². The molecule has 0 saturated heterocycles. The lowest BCUT2D eigenvalue weighted by Gasteiger charge is -2.29. The van der Waals surface area contributed by atoms with Crippen molar-refractivity contribution in [1.82, 2.24) is 10.2 Å². The third-order valence-corrected chi connectivity index (χ3v) is 6.25. The fraction of sp³-hybridized carbons (Fsp3) is 0.357. The van der Waals surface area contributed by atoms with Crippen molar-refractivity contribution in [3.63, 3.8) is 0 Å². The van der Waals surface area contributed by atoms with Gasteiger partial charge >= 0.3 is 0 Å². The van der Waals surface area contributed by atoms with E-state index in [0.717, 1.165) is 6.42 Å². The van der Waals surface area contributed by atoms with Crippen molar-refractivity contribution in [3.05, 3.63) is 76.6 Å². The van der Waals surface area contributed by atoms with Gasteiger partial charge in [0, 0.05) is 37.6 Å². The molecule has 1 amide bonds. The Labute approximate surface area is 223 Å². The third-order valence-electron chi connectivity index (χ3n) is 5.93. The molecule has 2 rings (SSSR count). The van der Waals surface area contributed by atoms with Crippen LogP contribution in [-0.4, -0.2) is 42.8 Å². The molecule has 0 saturated carbocycles. The van der Waals surface area contributed by atoms with Crippen LogP contribution in [0.25, 0.3) is 5.57 Å². The highest BCUT2D eigenvalue weighted by Crippen LogP contribution is 2.26. The highest BCUT2D eigenvalue weighted by Gasteiger charge is 2.18. The first-order valence-electron chi connectivity index (χ1n) is 12.1. The van der Waals surface area contributed by atoms with Crippen LogP contribution in [0.4, 0.5) is 20.2 Å². The van der Waals surface area contributed by atoms with E-state index in [1.54, 1.807) is 25.1 Å². The lowest BCUT2D eigenvalue weighted by molar-refractivity contribution is 0.0939. The molecule has 2 atom stereocenters. The summed E-state index contributed by atoms with van der Waals surface area (Å²) >= 11 is 6.44. The quantitative estimate of drug-likeness (QED) is 0.217. The second-order valence-corrected chi connectivity index (χ2v) is 9.20. The number of carbonyl (C=O) groups is 1. The average Bonchev–Trinajstić information content (AvgIpc) is 2.87. The predicted molar refractivity (Wildman–Crippen MR) is 151 cm³/mol. The van der Waals surface area contributed by atoms with Crippen molar-refractivity contribution in [1.29, 1.82) is 0 Å². The van der Waals surface area contributed by atoms with Crippen molar-refractivity contribution < 1.29 is 13.6 Å². The van der Waals surface area contributed by atoms with Crippen LogP contribution < -0.4 is 16.0 Å². The van der Waals surface area contributed by atoms with Crippen LogP contribution in [-0.2, 0) is 0 Å². The Morgan fingerprint density at radius 2 is 1.84 bits per heavy atom. The molecular formula is C28H36ClF2N5O. The molecule has 0 aliphatic heterocycles. The van der Waals surface area contributed by atoms with Gasteiger partial charge < -0.3 is 20.9 Å². The molecule has 2 unspecified atom stereocenters. The largest absolute Gasteiger partial charge is 0.386 e. The van der Waals surface area contributed by atoms with E-state index >= 15 is 0 Å². The molecular weight excluding hydrogens is 496 g/mol. The first-order valence-corrected chi connectivity index (χ1v) is 12.5. The maximum Gasteiger partial charge on any atom is 0.253 e. The fourth-order valence-electron chi connectivity index (χ4n) is 3.56. The number of hydrogen-bond acceptors (Lipinski definition) is 5. The van der Waals surface area contributed by atoms with Crippen molar-refractivity contribution in [2.75, 3.05) is 24.7 Å². The monoisotopic (exact) mass is 531 g/mol. The Balaban J connectivity index is 2.33. The van der Waals surface area contributed by atoms with Crippen LogP contribution in [0.1, 0.15) is 57.0 Å². The molecule has 2 aromatic carbocycles. The number of hydrogen-bond donors (Lipinski definition) is 3. The van der Waals surface area contributed by atoms with Crippen LogP contribution in [0.15, 0.2) is 53.8 Å². The summed E-state index contributed by atoms with van der Waals surface area (Å²) in [6, 6.07) is 8.20. The molecule has 37 heavy (non-hydrogen) atoms. The zero-order chi connectivity index (χ0) is 27.7. The van der Waals surface area contributed by atoms with Crippen LogP contribution in [0.2, 0.25) is 5.02 Å². The van der Waals surface area contributed by atoms with Gasteiger partial charge in [-0.3, -0.25) is 9.79 Å². The highest BCUT2D eigenvalue weighted by atomic mass is 35.5. The van der Waals surface area contributed by atoms with Crippen molar-refractivity contribution in [2.45, 2.75) is 53.2 Å². The minimum Gasteiger partial charge on any atom is -0.386 e. The molecule has 0 aromatic heterocycles. The van der Waals surface area contributed by atoms with Gasteiger partial charge in [-0.15, -0.1) is 0 Å². The first-order chi connectivity index (χ1) is 17.5. The number of nitrogens with zero attached hydrogens (tertiary/aromatic N) is 2. The highest BCUT2D eigenvalue weighted by molar-refractivity contribution is 6.34. The number of anilines is 2. The summed E-state index contributed by atoms with van der Waals surface area (Å²) in [6.45, 7) is 9.34. The van der Waals surface area contributed by atoms with E-state index in [-0.39, 0.29) is 29.4 Å². The lowest BCUT2D eigenvalue weighted by atomic mass is 10.1. The first kappa shape index (κ1) is 29.8. The number of aliphatic imine (C=N–C) groups is 1. The Bertz CT molecular complexity index is 1200. The number of rotatable bonds is 11. The van der Waals surface area contributed by atoms with E-state index in [1.165, 1.54) is 25.4 Å². The summed E-state index contributed by atoms with van der Waals surface area (Å²) in [5.74, 6) is -2.08. The zero-order valence-corrected chi connectivity index (χ0v) is 23.2. The summed E-state index contributed by atoms with van der Waals surface area (Å²) in [6.07, 6.45) is 5.72. The van der Waals surface area contributed by atoms with Crippen molar-refractivity contribution >= 4 is 40.2 Å². The lowest BCUT2D eigenvalue weighted by Crippen LogP contribution is -2.40. The fourth-order valence-corrected chi connectivity index (χ4v) is 3.82. The third kappa shape index (κ3) is 7.79. The van der Waals surface area contributed by atoms with E-state index in [4.69, 9.17) is 11.6 Å². The molecule has 0 aliphatic carbocycles. The maximum atomic E-state index is 14.5. The van der Waals surface area contributed by atoms with E-state index in [9.17, 15) is 13.6 Å². The number of nitrogens with one attached hydrogen (secondary N) is 3. The SMILES string of the molecule is C/C=C\N(C)C(Nc1ccc(C(=O)NC(C)CC)c(Cl)c1)/C(C)=N/C=C(\C)c1ccc(NC)c(F)c1F. The Kier molecular flexibility index (Phi) is 11.1. The summed E-state index contributed by atoms with van der Waals surface area (Å²) in [5.41, 5.74) is 2.46. The molecule has 6 nitrogen and oxygen atoms in total. The van der Waals surface area contributed by atoms with Gasteiger partial charge in [0.15, 0.2) is 11.6 Å². The van der Waals surface area contributed by atoms with Crippen molar-refractivity contribution in [3.8, 4) is 0 Å². The molecule has 0 radical (unpaired) electrons. The number of allylic oxidation sites excluding steroid dienone is 2. The van der Waals surface area contributed by atoms with Crippen LogP contribution in [0.3, 0.4) is 0 Å². The van der Waals surface area contributed by atoms with E-state index in [0.29, 0.717) is 27.6 Å². The van der Waals surface area contributed by atoms with Gasteiger partial charge in [0.2, 0.25) is 0 Å². The molecule has 0 bridgehead atoms. The summed E-state index contributed by atoms with van der Waals surface area (Å²) < 4.78 is 28.8. The number of benzene rings is 2. The Hall–Kier alpha value is -3.39. The minimum atomic E-state index is -0.932. The molecule has 2 aromatic rings. The topological polar surface area (TPSA) is 68.8 Å². The van der Waals surface area contributed by atoms with Crippen LogP contribution in [0, 0.1) is 11.6 Å². The smallest absolute Gasteiger partial charge is 0.253 e. The minimum absolute atomic E-state index is 0.0433.